The van der Waals surface area contributed by atoms with Crippen LogP contribution in [0.2, 0.25) is 0 Å². The van der Waals surface area contributed by atoms with Gasteiger partial charge in [0.05, 0.1) is 31.1 Å². The Balaban J connectivity index is 0.00000400. The SMILES string of the molecule is CC[N+](CC)(CCNP1(=O)C=C(c2ccccc2)OC(c2ccccc2)=C1)Cc1ccc([N+](=O)[O-])cc1.[Br-]. The molecule has 38 heavy (non-hydrogen) atoms. The molecule has 4 rings (SSSR count). The van der Waals surface area contributed by atoms with Gasteiger partial charge >= 0.3 is 0 Å². The molecule has 0 bridgehead atoms. The lowest BCUT2D eigenvalue weighted by molar-refractivity contribution is -0.936. The zero-order chi connectivity index (χ0) is 26.3. The first kappa shape index (κ1) is 29.5. The van der Waals surface area contributed by atoms with Crippen LogP contribution in [0.25, 0.3) is 11.5 Å². The van der Waals surface area contributed by atoms with Gasteiger partial charge in [-0.25, -0.2) is 0 Å². The fraction of sp³-hybridized carbons (Fsp3) is 0.241. The van der Waals surface area contributed by atoms with E-state index in [2.05, 4.69) is 18.9 Å². The standard InChI is InChI=1S/C29H33N3O4P.BrH/c1-3-32(4-2,21-24-15-17-27(18-16-24)31(33)34)20-19-30-37(35)22-28(25-11-7-5-8-12-25)36-29(23-37)26-13-9-6-10-14-26;/h5-18,22-23H,3-4,19-21H2,1-2H3,(H,30,35);1H/q+1;/p-1. The van der Waals surface area contributed by atoms with Gasteiger partial charge < -0.3 is 26.2 Å². The predicted octanol–water partition coefficient (Wildman–Crippen LogP) is 3.85. The predicted molar refractivity (Wildman–Crippen MR) is 149 cm³/mol. The van der Waals surface area contributed by atoms with Crippen LogP contribution in [-0.4, -0.2) is 35.6 Å². The number of likely N-dealkylation sites (N-methyl/N-ethyl adjacent to an activating group) is 1. The average Bonchev–Trinajstić information content (AvgIpc) is 2.93. The minimum Gasteiger partial charge on any atom is -1.00 e. The molecule has 9 heteroatoms. The van der Waals surface area contributed by atoms with Crippen LogP contribution in [0.3, 0.4) is 0 Å². The van der Waals surface area contributed by atoms with Gasteiger partial charge in [-0.05, 0) is 26.0 Å². The minimum absolute atomic E-state index is 0. The van der Waals surface area contributed by atoms with E-state index in [0.717, 1.165) is 47.4 Å². The molecule has 0 spiro atoms. The van der Waals surface area contributed by atoms with Crippen molar-refractivity contribution in [3.63, 3.8) is 0 Å². The van der Waals surface area contributed by atoms with E-state index in [1.807, 2.05) is 72.8 Å². The first-order valence-corrected chi connectivity index (χ1v) is 14.4. The van der Waals surface area contributed by atoms with Gasteiger partial charge in [-0.2, -0.15) is 0 Å². The Hall–Kier alpha value is -3.03. The fourth-order valence-electron chi connectivity index (χ4n) is 4.53. The highest BCUT2D eigenvalue weighted by atomic mass is 79.9. The van der Waals surface area contributed by atoms with Crippen molar-refractivity contribution in [2.75, 3.05) is 26.2 Å². The zero-order valence-electron chi connectivity index (χ0n) is 21.6. The Kier molecular flexibility index (Phi) is 10.2. The number of benzene rings is 3. The molecular weight excluding hydrogens is 565 g/mol. The van der Waals surface area contributed by atoms with E-state index in [-0.39, 0.29) is 27.6 Å². The Morgan fingerprint density at radius 2 is 1.34 bits per heavy atom. The van der Waals surface area contributed by atoms with Gasteiger partial charge in [0.15, 0.2) is 7.29 Å². The summed E-state index contributed by atoms with van der Waals surface area (Å²) in [5.74, 6) is 4.60. The largest absolute Gasteiger partial charge is 1.00 e. The van der Waals surface area contributed by atoms with Gasteiger partial charge in [0.25, 0.3) is 5.69 Å². The van der Waals surface area contributed by atoms with Crippen LogP contribution in [0.5, 0.6) is 0 Å². The maximum Gasteiger partial charge on any atom is 0.269 e. The maximum atomic E-state index is 14.1. The minimum atomic E-state index is -3.05. The molecule has 0 aromatic heterocycles. The lowest BCUT2D eigenvalue weighted by atomic mass is 10.1. The summed E-state index contributed by atoms with van der Waals surface area (Å²) in [5, 5.41) is 14.4. The van der Waals surface area contributed by atoms with Crippen molar-refractivity contribution in [3.8, 4) is 0 Å². The van der Waals surface area contributed by atoms with Crippen molar-refractivity contribution >= 4 is 24.5 Å². The molecule has 1 N–H and O–H groups in total. The van der Waals surface area contributed by atoms with E-state index in [0.29, 0.717) is 18.1 Å². The number of nitrogens with zero attached hydrogens (tertiary/aromatic N) is 2. The summed E-state index contributed by atoms with van der Waals surface area (Å²) in [4.78, 5) is 10.6. The highest BCUT2D eigenvalue weighted by Crippen LogP contribution is 2.53. The quantitative estimate of drug-likeness (QED) is 0.157. The number of hydrogen-bond acceptors (Lipinski definition) is 4. The second kappa shape index (κ2) is 13.2. The van der Waals surface area contributed by atoms with E-state index in [1.165, 1.54) is 0 Å². The summed E-state index contributed by atoms with van der Waals surface area (Å²) in [6.07, 6.45) is 0. The maximum absolute atomic E-state index is 14.1. The third-order valence-corrected chi connectivity index (χ3v) is 8.86. The summed E-state index contributed by atoms with van der Waals surface area (Å²) in [6.45, 7) is 8.12. The van der Waals surface area contributed by atoms with E-state index in [9.17, 15) is 14.7 Å². The Labute approximate surface area is 234 Å². The van der Waals surface area contributed by atoms with Gasteiger partial charge in [-0.15, -0.1) is 0 Å². The molecule has 200 valence electrons. The van der Waals surface area contributed by atoms with Crippen molar-refractivity contribution < 1.29 is 35.7 Å². The number of hydrogen-bond donors (Lipinski definition) is 1. The zero-order valence-corrected chi connectivity index (χ0v) is 24.1. The molecule has 3 aromatic rings. The third-order valence-electron chi connectivity index (χ3n) is 6.91. The average molecular weight is 598 g/mol. The number of nitro benzene ring substituents is 1. The highest BCUT2D eigenvalue weighted by Gasteiger charge is 2.29. The van der Waals surface area contributed by atoms with Crippen molar-refractivity contribution in [1.29, 1.82) is 0 Å². The van der Waals surface area contributed by atoms with Crippen molar-refractivity contribution in [3.05, 3.63) is 123 Å². The smallest absolute Gasteiger partial charge is 0.269 e. The second-order valence-electron chi connectivity index (χ2n) is 9.22. The normalized spacial score (nSPS) is 14.5. The van der Waals surface area contributed by atoms with Crippen molar-refractivity contribution in [2.24, 2.45) is 0 Å². The molecule has 0 saturated heterocycles. The summed E-state index contributed by atoms with van der Waals surface area (Å²) in [7, 11) is -3.05. The second-order valence-corrected chi connectivity index (χ2v) is 11.5. The highest BCUT2D eigenvalue weighted by molar-refractivity contribution is 7.68. The van der Waals surface area contributed by atoms with Crippen LogP contribution in [0.15, 0.2) is 96.6 Å². The number of nitro groups is 1. The lowest BCUT2D eigenvalue weighted by Gasteiger charge is -2.37. The summed E-state index contributed by atoms with van der Waals surface area (Å²) in [5.41, 5.74) is 2.88. The Morgan fingerprint density at radius 1 is 0.842 bits per heavy atom. The molecular formula is C29H33BrN3O4P. The first-order valence-electron chi connectivity index (χ1n) is 12.5. The van der Waals surface area contributed by atoms with Crippen molar-refractivity contribution in [2.45, 2.75) is 20.4 Å². The monoisotopic (exact) mass is 597 g/mol. The molecule has 0 fully saturated rings. The first-order chi connectivity index (χ1) is 17.9. The van der Waals surface area contributed by atoms with Crippen LogP contribution < -0.4 is 22.1 Å². The number of rotatable bonds is 11. The number of quaternary nitrogens is 1. The van der Waals surface area contributed by atoms with Crippen LogP contribution in [0, 0.1) is 10.1 Å². The molecule has 7 nitrogen and oxygen atoms in total. The molecule has 0 aliphatic carbocycles. The topological polar surface area (TPSA) is 81.5 Å². The summed E-state index contributed by atoms with van der Waals surface area (Å²) in [6, 6.07) is 26.2. The van der Waals surface area contributed by atoms with E-state index >= 15 is 0 Å². The number of non-ortho nitro benzene ring substituents is 1. The fourth-order valence-corrected chi connectivity index (χ4v) is 6.34. The van der Waals surface area contributed by atoms with Gasteiger partial charge in [-0.1, -0.05) is 60.7 Å². The van der Waals surface area contributed by atoms with Gasteiger partial charge in [-0.3, -0.25) is 19.8 Å². The number of halogens is 1. The molecule has 0 atom stereocenters. The van der Waals surface area contributed by atoms with E-state index in [4.69, 9.17) is 4.74 Å². The van der Waals surface area contributed by atoms with Crippen molar-refractivity contribution in [1.82, 2.24) is 5.09 Å². The van der Waals surface area contributed by atoms with Crippen LogP contribution >= 0.6 is 7.29 Å². The summed E-state index contributed by atoms with van der Waals surface area (Å²) >= 11 is 0. The molecule has 1 heterocycles. The number of nitrogens with one attached hydrogen (secondary N) is 1. The molecule has 1 aliphatic rings. The molecule has 3 aromatic carbocycles. The van der Waals surface area contributed by atoms with Gasteiger partial charge in [0, 0.05) is 40.5 Å². The Bertz CT molecular complexity index is 1270. The van der Waals surface area contributed by atoms with Crippen LogP contribution in [-0.2, 0) is 15.8 Å². The van der Waals surface area contributed by atoms with Gasteiger partial charge in [0.2, 0.25) is 0 Å². The van der Waals surface area contributed by atoms with Crippen LogP contribution in [0.4, 0.5) is 5.69 Å². The molecule has 0 unspecified atom stereocenters. The molecule has 0 radical (unpaired) electrons. The molecule has 0 saturated carbocycles. The van der Waals surface area contributed by atoms with E-state index < -0.39 is 7.29 Å². The van der Waals surface area contributed by atoms with E-state index in [1.54, 1.807) is 23.8 Å². The third kappa shape index (κ3) is 7.29. The molecule has 0 amide bonds. The number of ether oxygens (including phenoxy) is 1. The Morgan fingerprint density at radius 3 is 1.79 bits per heavy atom. The molecule has 1 aliphatic heterocycles. The van der Waals surface area contributed by atoms with Gasteiger partial charge in [0.1, 0.15) is 18.1 Å². The lowest BCUT2D eigenvalue weighted by Crippen LogP contribution is -3.00. The van der Waals surface area contributed by atoms with Crippen LogP contribution in [0.1, 0.15) is 30.5 Å². The summed E-state index contributed by atoms with van der Waals surface area (Å²) < 4.78 is 21.1.